The zero-order valence-electron chi connectivity index (χ0n) is 39.7. The molecule has 0 bridgehead atoms. The lowest BCUT2D eigenvalue weighted by Gasteiger charge is -2.34. The number of rotatable bonds is 10. The molecule has 0 heterocycles. The van der Waals surface area contributed by atoms with E-state index in [4.69, 9.17) is 0 Å². The lowest BCUT2D eigenvalue weighted by molar-refractivity contribution is 0.769. The predicted octanol–water partition coefficient (Wildman–Crippen LogP) is 19.0. The van der Waals surface area contributed by atoms with Crippen molar-refractivity contribution >= 4 is 27.8 Å². The van der Waals surface area contributed by atoms with Gasteiger partial charge in [-0.1, -0.05) is 243 Å². The van der Waals surface area contributed by atoms with Crippen LogP contribution in [0.15, 0.2) is 297 Å². The highest BCUT2D eigenvalue weighted by atomic mass is 15.1. The summed E-state index contributed by atoms with van der Waals surface area (Å²) in [6, 6.07) is 109. The SMILES string of the molecule is c1ccc(-c2cccc(-c3ccccc3N(c3ccc(-c4cccc(-c5ccc6ccccc6c5)c4)cc3)c3ccc(-c4ccc5c(c4)C(c4ccccc4)(c4ccccc4)c4ccccc4-5)cc3)c2)cc1. The van der Waals surface area contributed by atoms with Crippen LogP contribution in [0.25, 0.3) is 77.5 Å². The summed E-state index contributed by atoms with van der Waals surface area (Å²) in [7, 11) is 0. The molecule has 0 aliphatic heterocycles. The van der Waals surface area contributed by atoms with Gasteiger partial charge in [-0.3, -0.25) is 0 Å². The summed E-state index contributed by atoms with van der Waals surface area (Å²) in [6.07, 6.45) is 0. The molecule has 1 aliphatic rings. The molecule has 0 spiro atoms. The molecule has 72 heavy (non-hydrogen) atoms. The van der Waals surface area contributed by atoms with Gasteiger partial charge in [-0.05, 0) is 149 Å². The molecule has 1 nitrogen and oxygen atoms in total. The molecule has 12 aromatic rings. The second-order valence-electron chi connectivity index (χ2n) is 18.8. The van der Waals surface area contributed by atoms with Gasteiger partial charge < -0.3 is 4.90 Å². The normalized spacial score (nSPS) is 12.3. The molecular formula is C71H49N. The Bertz CT molecular complexity index is 3850. The Hall–Kier alpha value is -9.30. The monoisotopic (exact) mass is 915 g/mol. The second kappa shape index (κ2) is 18.2. The summed E-state index contributed by atoms with van der Waals surface area (Å²) in [4.78, 5) is 2.42. The minimum absolute atomic E-state index is 0.466. The number of hydrogen-bond donors (Lipinski definition) is 0. The van der Waals surface area contributed by atoms with E-state index >= 15 is 0 Å². The first-order valence-electron chi connectivity index (χ1n) is 24.9. The molecule has 1 heteroatoms. The zero-order chi connectivity index (χ0) is 47.8. The Morgan fingerprint density at radius 1 is 0.222 bits per heavy atom. The second-order valence-corrected chi connectivity index (χ2v) is 18.8. The number of para-hydroxylation sites is 1. The molecule has 13 rings (SSSR count). The highest BCUT2D eigenvalue weighted by molar-refractivity contribution is 5.92. The first-order valence-corrected chi connectivity index (χ1v) is 24.9. The Kier molecular flexibility index (Phi) is 10.8. The molecule has 0 saturated heterocycles. The first-order chi connectivity index (χ1) is 35.7. The Morgan fingerprint density at radius 2 is 0.639 bits per heavy atom. The van der Waals surface area contributed by atoms with E-state index in [0.717, 1.165) is 33.8 Å². The number of hydrogen-bond acceptors (Lipinski definition) is 1. The molecule has 0 radical (unpaired) electrons. The Labute approximate surface area is 422 Å². The average molecular weight is 916 g/mol. The summed E-state index contributed by atoms with van der Waals surface area (Å²) in [6.45, 7) is 0. The van der Waals surface area contributed by atoms with Gasteiger partial charge in [0.2, 0.25) is 0 Å². The fourth-order valence-electron chi connectivity index (χ4n) is 11.3. The van der Waals surface area contributed by atoms with Gasteiger partial charge in [0.15, 0.2) is 0 Å². The van der Waals surface area contributed by atoms with Crippen molar-refractivity contribution in [3.05, 3.63) is 320 Å². The van der Waals surface area contributed by atoms with E-state index in [9.17, 15) is 0 Å². The molecule has 338 valence electrons. The minimum Gasteiger partial charge on any atom is -0.310 e. The van der Waals surface area contributed by atoms with Gasteiger partial charge in [-0.25, -0.2) is 0 Å². The number of anilines is 3. The van der Waals surface area contributed by atoms with Crippen LogP contribution in [0.5, 0.6) is 0 Å². The standard InChI is InChI=1S/C71H49N/c1-4-18-50(19-5-1)56-23-17-25-60(48-56)65-30-13-15-33-70(65)72(63-41-36-52(37-42-63)55-22-16-24-57(46-55)58-35-34-51-20-10-11-21-54(51)47-58)64-43-38-53(39-44-64)59-40-45-67-66-31-12-14-32-68(66)71(69(67)49-59,61-26-6-2-7-27-61)62-28-8-3-9-29-62/h1-49H. The highest BCUT2D eigenvalue weighted by Crippen LogP contribution is 2.57. The van der Waals surface area contributed by atoms with Gasteiger partial charge in [0.25, 0.3) is 0 Å². The lowest BCUT2D eigenvalue weighted by Crippen LogP contribution is -2.28. The molecule has 0 fully saturated rings. The van der Waals surface area contributed by atoms with Crippen LogP contribution in [0.3, 0.4) is 0 Å². The molecule has 0 atom stereocenters. The van der Waals surface area contributed by atoms with Gasteiger partial charge in [0.05, 0.1) is 11.1 Å². The molecular weight excluding hydrogens is 867 g/mol. The van der Waals surface area contributed by atoms with Crippen molar-refractivity contribution < 1.29 is 0 Å². The third kappa shape index (κ3) is 7.51. The molecule has 0 N–H and O–H groups in total. The zero-order valence-corrected chi connectivity index (χ0v) is 39.7. The highest BCUT2D eigenvalue weighted by Gasteiger charge is 2.46. The maximum absolute atomic E-state index is 2.45. The van der Waals surface area contributed by atoms with Crippen LogP contribution >= 0.6 is 0 Å². The van der Waals surface area contributed by atoms with Crippen molar-refractivity contribution in [2.24, 2.45) is 0 Å². The molecule has 1 aliphatic carbocycles. The van der Waals surface area contributed by atoms with Gasteiger partial charge in [-0.2, -0.15) is 0 Å². The van der Waals surface area contributed by atoms with Crippen LogP contribution in [0.2, 0.25) is 0 Å². The number of fused-ring (bicyclic) bond motifs is 4. The van der Waals surface area contributed by atoms with Crippen molar-refractivity contribution in [2.45, 2.75) is 5.41 Å². The summed E-state index contributed by atoms with van der Waals surface area (Å²) < 4.78 is 0. The van der Waals surface area contributed by atoms with Crippen LogP contribution in [0.1, 0.15) is 22.3 Å². The molecule has 12 aromatic carbocycles. The smallest absolute Gasteiger partial charge is 0.0713 e. The van der Waals surface area contributed by atoms with E-state index in [0.29, 0.717) is 0 Å². The van der Waals surface area contributed by atoms with Gasteiger partial charge in [0.1, 0.15) is 0 Å². The molecule has 0 unspecified atom stereocenters. The van der Waals surface area contributed by atoms with E-state index in [1.807, 2.05) is 0 Å². The topological polar surface area (TPSA) is 3.24 Å². The fourth-order valence-corrected chi connectivity index (χ4v) is 11.3. The third-order valence-corrected chi connectivity index (χ3v) is 14.7. The molecule has 0 amide bonds. The summed E-state index contributed by atoms with van der Waals surface area (Å²) >= 11 is 0. The van der Waals surface area contributed by atoms with Crippen molar-refractivity contribution in [3.63, 3.8) is 0 Å². The van der Waals surface area contributed by atoms with E-state index in [1.54, 1.807) is 0 Å². The van der Waals surface area contributed by atoms with Gasteiger partial charge in [0, 0.05) is 16.9 Å². The summed E-state index contributed by atoms with van der Waals surface area (Å²) in [5.41, 5.74) is 22.3. The third-order valence-electron chi connectivity index (χ3n) is 14.7. The predicted molar refractivity (Wildman–Crippen MR) is 303 cm³/mol. The maximum atomic E-state index is 2.45. The van der Waals surface area contributed by atoms with Gasteiger partial charge in [-0.15, -0.1) is 0 Å². The van der Waals surface area contributed by atoms with E-state index in [1.165, 1.54) is 83.1 Å². The van der Waals surface area contributed by atoms with Crippen molar-refractivity contribution in [1.29, 1.82) is 0 Å². The Morgan fingerprint density at radius 3 is 1.29 bits per heavy atom. The quantitative estimate of drug-likeness (QED) is 0.132. The Balaban J connectivity index is 0.913. The average Bonchev–Trinajstić information content (AvgIpc) is 3.77. The summed E-state index contributed by atoms with van der Waals surface area (Å²) in [5, 5.41) is 2.50. The summed E-state index contributed by atoms with van der Waals surface area (Å²) in [5.74, 6) is 0. The van der Waals surface area contributed by atoms with Crippen LogP contribution in [-0.2, 0) is 5.41 Å². The van der Waals surface area contributed by atoms with Crippen molar-refractivity contribution in [1.82, 2.24) is 0 Å². The van der Waals surface area contributed by atoms with E-state index in [2.05, 4.69) is 302 Å². The number of nitrogens with zero attached hydrogens (tertiary/aromatic N) is 1. The maximum Gasteiger partial charge on any atom is 0.0713 e. The van der Waals surface area contributed by atoms with Crippen LogP contribution in [-0.4, -0.2) is 0 Å². The van der Waals surface area contributed by atoms with Crippen molar-refractivity contribution in [3.8, 4) is 66.8 Å². The van der Waals surface area contributed by atoms with E-state index < -0.39 is 5.41 Å². The molecule has 0 aromatic heterocycles. The van der Waals surface area contributed by atoms with Crippen LogP contribution in [0, 0.1) is 0 Å². The van der Waals surface area contributed by atoms with Gasteiger partial charge >= 0.3 is 0 Å². The van der Waals surface area contributed by atoms with Crippen molar-refractivity contribution in [2.75, 3.05) is 4.90 Å². The largest absolute Gasteiger partial charge is 0.310 e. The van der Waals surface area contributed by atoms with E-state index in [-0.39, 0.29) is 0 Å². The fraction of sp³-hybridized carbons (Fsp3) is 0.0141. The first kappa shape index (κ1) is 42.8. The molecule has 0 saturated carbocycles. The van der Waals surface area contributed by atoms with Crippen LogP contribution in [0.4, 0.5) is 17.1 Å². The van der Waals surface area contributed by atoms with Crippen LogP contribution < -0.4 is 4.90 Å². The minimum atomic E-state index is -0.466. The lowest BCUT2D eigenvalue weighted by atomic mass is 9.67. The number of benzene rings is 12.